The van der Waals surface area contributed by atoms with Crippen LogP contribution in [0, 0.1) is 0 Å². The number of nitrogens with two attached hydrogens (primary N) is 2. The molecule has 1 unspecified atom stereocenters. The van der Waals surface area contributed by atoms with Crippen molar-refractivity contribution in [3.8, 4) is 0 Å². The fraction of sp³-hybridized carbons (Fsp3) is 0.833. The van der Waals surface area contributed by atoms with Crippen molar-refractivity contribution in [1.29, 1.82) is 0 Å². The molecule has 0 saturated carbocycles. The average molecular weight is 161 g/mol. The van der Waals surface area contributed by atoms with Crippen LogP contribution < -0.4 is 11.5 Å². The molecule has 0 aromatic rings. The van der Waals surface area contributed by atoms with E-state index in [2.05, 4.69) is 11.9 Å². The van der Waals surface area contributed by atoms with E-state index in [9.17, 15) is 0 Å². The first-order valence-corrected chi connectivity index (χ1v) is 4.67. The summed E-state index contributed by atoms with van der Waals surface area (Å²) in [6.45, 7) is 2.08. The molecule has 0 fully saturated rings. The first kappa shape index (κ1) is 9.62. The van der Waals surface area contributed by atoms with Crippen LogP contribution >= 0.6 is 11.8 Å². The van der Waals surface area contributed by atoms with Gasteiger partial charge in [0.1, 0.15) is 0 Å². The van der Waals surface area contributed by atoms with E-state index in [1.807, 2.05) is 6.26 Å². The van der Waals surface area contributed by atoms with E-state index in [1.165, 1.54) is 0 Å². The number of hydrogen-bond donors (Lipinski definition) is 2. The highest BCUT2D eigenvalue weighted by atomic mass is 32.2. The summed E-state index contributed by atoms with van der Waals surface area (Å²) in [4.78, 5) is 4.04. The number of nitrogens with zero attached hydrogens (tertiary/aromatic N) is 1. The maximum absolute atomic E-state index is 5.22. The third-order valence-electron chi connectivity index (χ3n) is 1.16. The maximum atomic E-state index is 5.22. The van der Waals surface area contributed by atoms with Gasteiger partial charge in [0, 0.05) is 5.75 Å². The van der Waals surface area contributed by atoms with Gasteiger partial charge in [0.2, 0.25) is 0 Å². The van der Waals surface area contributed by atoms with E-state index in [-0.39, 0.29) is 5.96 Å². The van der Waals surface area contributed by atoms with Gasteiger partial charge in [-0.15, -0.1) is 0 Å². The van der Waals surface area contributed by atoms with Crippen molar-refractivity contribution in [2.75, 3.05) is 12.0 Å². The van der Waals surface area contributed by atoms with Crippen molar-refractivity contribution in [3.05, 3.63) is 0 Å². The van der Waals surface area contributed by atoms with E-state index in [4.69, 9.17) is 11.5 Å². The largest absolute Gasteiger partial charge is 0.370 e. The van der Waals surface area contributed by atoms with Gasteiger partial charge in [-0.05, 0) is 12.7 Å². The van der Waals surface area contributed by atoms with Crippen molar-refractivity contribution in [1.82, 2.24) is 0 Å². The normalized spacial score (nSPS) is 12.6. The number of hydrogen-bond acceptors (Lipinski definition) is 2. The Kier molecular flexibility index (Phi) is 5.20. The summed E-state index contributed by atoms with van der Waals surface area (Å²) in [5, 5.41) is 0. The average Bonchev–Trinajstić information content (AvgIpc) is 1.86. The standard InChI is InChI=1S/C6H15N3S/c1-3-5(4-10-2)9-6(7)8/h5H,3-4H2,1-2H3,(H4,7,8,9). The number of rotatable bonds is 4. The van der Waals surface area contributed by atoms with Gasteiger partial charge in [-0.25, -0.2) is 4.99 Å². The third-order valence-corrected chi connectivity index (χ3v) is 1.88. The molecule has 10 heavy (non-hydrogen) atoms. The van der Waals surface area contributed by atoms with Gasteiger partial charge >= 0.3 is 0 Å². The monoisotopic (exact) mass is 161 g/mol. The Morgan fingerprint density at radius 2 is 2.20 bits per heavy atom. The maximum Gasteiger partial charge on any atom is 0.186 e. The molecule has 60 valence electrons. The molecule has 0 aromatic carbocycles. The molecular weight excluding hydrogens is 146 g/mol. The Morgan fingerprint density at radius 1 is 1.60 bits per heavy atom. The molecule has 0 aliphatic carbocycles. The molecule has 0 amide bonds. The summed E-state index contributed by atoms with van der Waals surface area (Å²) in [7, 11) is 0. The Labute approximate surface area is 66.3 Å². The van der Waals surface area contributed by atoms with Gasteiger partial charge in [0.05, 0.1) is 6.04 Å². The lowest BCUT2D eigenvalue weighted by Gasteiger charge is -2.06. The summed E-state index contributed by atoms with van der Waals surface area (Å²) >= 11 is 1.76. The quantitative estimate of drug-likeness (QED) is 0.463. The van der Waals surface area contributed by atoms with Crippen molar-refractivity contribution >= 4 is 17.7 Å². The van der Waals surface area contributed by atoms with Crippen LogP contribution in [0.3, 0.4) is 0 Å². The molecular formula is C6H15N3S. The van der Waals surface area contributed by atoms with E-state index in [0.29, 0.717) is 6.04 Å². The predicted octanol–water partition coefficient (Wildman–Crippen LogP) is 0.401. The first-order chi connectivity index (χ1) is 4.70. The highest BCUT2D eigenvalue weighted by Crippen LogP contribution is 2.04. The fourth-order valence-corrected chi connectivity index (χ4v) is 1.34. The van der Waals surface area contributed by atoms with E-state index < -0.39 is 0 Å². The zero-order valence-corrected chi connectivity index (χ0v) is 7.32. The molecule has 4 N–H and O–H groups in total. The van der Waals surface area contributed by atoms with Gasteiger partial charge in [-0.1, -0.05) is 6.92 Å². The van der Waals surface area contributed by atoms with Crippen LogP contribution in [0.5, 0.6) is 0 Å². The van der Waals surface area contributed by atoms with Crippen molar-refractivity contribution < 1.29 is 0 Å². The van der Waals surface area contributed by atoms with E-state index in [0.717, 1.165) is 12.2 Å². The molecule has 3 nitrogen and oxygen atoms in total. The SMILES string of the molecule is CCC(CSC)N=C(N)N. The summed E-state index contributed by atoms with van der Waals surface area (Å²) in [6, 6.07) is 0.292. The lowest BCUT2D eigenvalue weighted by Crippen LogP contribution is -2.26. The minimum absolute atomic E-state index is 0.195. The molecule has 0 aliphatic heterocycles. The van der Waals surface area contributed by atoms with Gasteiger partial charge in [0.15, 0.2) is 5.96 Å². The van der Waals surface area contributed by atoms with E-state index >= 15 is 0 Å². The lowest BCUT2D eigenvalue weighted by molar-refractivity contribution is 0.725. The fourth-order valence-electron chi connectivity index (χ4n) is 0.650. The second kappa shape index (κ2) is 5.41. The minimum Gasteiger partial charge on any atom is -0.370 e. The van der Waals surface area contributed by atoms with Crippen LogP contribution in [0.25, 0.3) is 0 Å². The second-order valence-electron chi connectivity index (χ2n) is 2.07. The summed E-state index contributed by atoms with van der Waals surface area (Å²) in [6.07, 6.45) is 3.05. The van der Waals surface area contributed by atoms with Crippen molar-refractivity contribution in [3.63, 3.8) is 0 Å². The molecule has 0 spiro atoms. The summed E-state index contributed by atoms with van der Waals surface area (Å²) < 4.78 is 0. The topological polar surface area (TPSA) is 64.4 Å². The molecule has 1 atom stereocenters. The summed E-state index contributed by atoms with van der Waals surface area (Å²) in [5.41, 5.74) is 10.4. The van der Waals surface area contributed by atoms with E-state index in [1.54, 1.807) is 11.8 Å². The Morgan fingerprint density at radius 3 is 2.50 bits per heavy atom. The Balaban J connectivity index is 3.71. The third kappa shape index (κ3) is 4.49. The second-order valence-corrected chi connectivity index (χ2v) is 2.98. The van der Waals surface area contributed by atoms with Crippen LogP contribution in [-0.2, 0) is 0 Å². The first-order valence-electron chi connectivity index (χ1n) is 3.28. The summed E-state index contributed by atoms with van der Waals surface area (Å²) in [5.74, 6) is 1.19. The molecule has 0 bridgehead atoms. The Hall–Kier alpha value is -0.380. The Bertz CT molecular complexity index is 110. The van der Waals surface area contributed by atoms with Gasteiger partial charge in [-0.3, -0.25) is 0 Å². The number of aliphatic imine (C=N–C) groups is 1. The van der Waals surface area contributed by atoms with Gasteiger partial charge < -0.3 is 11.5 Å². The highest BCUT2D eigenvalue weighted by Gasteiger charge is 2.01. The molecule has 4 heteroatoms. The predicted molar refractivity (Wildman–Crippen MR) is 48.3 cm³/mol. The zero-order valence-electron chi connectivity index (χ0n) is 6.50. The van der Waals surface area contributed by atoms with Crippen LogP contribution in [0.2, 0.25) is 0 Å². The zero-order chi connectivity index (χ0) is 7.98. The molecule has 0 aliphatic rings. The van der Waals surface area contributed by atoms with Crippen LogP contribution in [0.15, 0.2) is 4.99 Å². The number of thioether (sulfide) groups is 1. The molecule has 0 saturated heterocycles. The number of guanidine groups is 1. The lowest BCUT2D eigenvalue weighted by atomic mass is 10.3. The van der Waals surface area contributed by atoms with Crippen LogP contribution in [-0.4, -0.2) is 24.0 Å². The van der Waals surface area contributed by atoms with Crippen LogP contribution in [0.1, 0.15) is 13.3 Å². The van der Waals surface area contributed by atoms with Gasteiger partial charge in [0.25, 0.3) is 0 Å². The molecule has 0 rings (SSSR count). The molecule has 0 radical (unpaired) electrons. The molecule has 0 heterocycles. The van der Waals surface area contributed by atoms with Gasteiger partial charge in [-0.2, -0.15) is 11.8 Å². The minimum atomic E-state index is 0.195. The molecule has 0 aromatic heterocycles. The van der Waals surface area contributed by atoms with Crippen molar-refractivity contribution in [2.45, 2.75) is 19.4 Å². The van der Waals surface area contributed by atoms with Crippen molar-refractivity contribution in [2.24, 2.45) is 16.5 Å². The van der Waals surface area contributed by atoms with Crippen LogP contribution in [0.4, 0.5) is 0 Å². The smallest absolute Gasteiger partial charge is 0.186 e. The highest BCUT2D eigenvalue weighted by molar-refractivity contribution is 7.98.